The van der Waals surface area contributed by atoms with Gasteiger partial charge < -0.3 is 9.47 Å². The lowest BCUT2D eigenvalue weighted by molar-refractivity contribution is -0.149. The zero-order chi connectivity index (χ0) is 17.0. The average Bonchev–Trinajstić information content (AvgIpc) is 3.25. The molecule has 0 unspecified atom stereocenters. The Balaban J connectivity index is 1.50. The molecule has 2 saturated heterocycles. The van der Waals surface area contributed by atoms with Gasteiger partial charge in [-0.15, -0.1) is 0 Å². The first kappa shape index (κ1) is 16.2. The number of esters is 1. The van der Waals surface area contributed by atoms with Crippen LogP contribution in [0.2, 0.25) is 0 Å². The van der Waals surface area contributed by atoms with Gasteiger partial charge >= 0.3 is 12.1 Å². The second kappa shape index (κ2) is 6.84. The summed E-state index contributed by atoms with van der Waals surface area (Å²) in [6.45, 7) is 1.32. The maximum atomic E-state index is 12.2. The van der Waals surface area contributed by atoms with Gasteiger partial charge in [-0.1, -0.05) is 30.3 Å². The van der Waals surface area contributed by atoms with Crippen LogP contribution in [-0.2, 0) is 25.7 Å². The third-order valence-electron chi connectivity index (χ3n) is 3.92. The number of carbonyl (C=O) groups excluding carboxylic acids is 3. The van der Waals surface area contributed by atoms with E-state index in [-0.39, 0.29) is 18.8 Å². The molecule has 7 heteroatoms. The van der Waals surface area contributed by atoms with Gasteiger partial charge in [-0.3, -0.25) is 15.0 Å². The number of amides is 1. The van der Waals surface area contributed by atoms with Gasteiger partial charge in [-0.2, -0.15) is 0 Å². The largest absolute Gasteiger partial charge is 0.459 e. The molecular formula is C17H18N2O5. The third kappa shape index (κ3) is 3.80. The molecule has 7 nitrogen and oxygen atoms in total. The Morgan fingerprint density at radius 1 is 1.33 bits per heavy atom. The Kier molecular flexibility index (Phi) is 4.61. The lowest BCUT2D eigenvalue weighted by Gasteiger charge is -2.12. The number of nitrogens with one attached hydrogen (secondary N) is 1. The standard InChI is InChI=1S/C17H18N2O5/c20-14(6-7-19-8-9-23-16(19)22)10-17(12-18-17)15(21)24-11-13-4-2-1-3-5-13/h1-7,18H,8-12H2/b7-6+/t17-/m1/s1. The molecule has 1 amide bonds. The predicted octanol–water partition coefficient (Wildman–Crippen LogP) is 0.997. The number of ether oxygens (including phenoxy) is 2. The molecule has 3 rings (SSSR count). The van der Waals surface area contributed by atoms with Crippen molar-refractivity contribution in [3.05, 3.63) is 48.2 Å². The van der Waals surface area contributed by atoms with E-state index in [1.807, 2.05) is 30.3 Å². The van der Waals surface area contributed by atoms with Gasteiger partial charge in [0.2, 0.25) is 0 Å². The molecule has 0 radical (unpaired) electrons. The van der Waals surface area contributed by atoms with Crippen LogP contribution in [0.4, 0.5) is 4.79 Å². The van der Waals surface area contributed by atoms with Crippen LogP contribution in [0, 0.1) is 0 Å². The van der Waals surface area contributed by atoms with Crippen LogP contribution in [0.3, 0.4) is 0 Å². The van der Waals surface area contributed by atoms with Crippen LogP contribution in [0.15, 0.2) is 42.6 Å². The Morgan fingerprint density at radius 3 is 2.71 bits per heavy atom. The minimum Gasteiger partial charge on any atom is -0.459 e. The lowest BCUT2D eigenvalue weighted by atomic mass is 10.0. The maximum Gasteiger partial charge on any atom is 0.413 e. The summed E-state index contributed by atoms with van der Waals surface area (Å²) in [6, 6.07) is 9.35. The Bertz CT molecular complexity index is 667. The van der Waals surface area contributed by atoms with Gasteiger partial charge in [-0.05, 0) is 11.6 Å². The van der Waals surface area contributed by atoms with Crippen molar-refractivity contribution in [3.63, 3.8) is 0 Å². The predicted molar refractivity (Wildman–Crippen MR) is 83.8 cm³/mol. The summed E-state index contributed by atoms with van der Waals surface area (Å²) in [5.41, 5.74) is -0.0535. The van der Waals surface area contributed by atoms with Crippen molar-refractivity contribution in [1.29, 1.82) is 0 Å². The molecule has 1 aromatic carbocycles. The molecule has 0 aromatic heterocycles. The zero-order valence-electron chi connectivity index (χ0n) is 13.1. The molecule has 0 aliphatic carbocycles. The summed E-state index contributed by atoms with van der Waals surface area (Å²) >= 11 is 0. The van der Waals surface area contributed by atoms with E-state index in [2.05, 4.69) is 5.32 Å². The van der Waals surface area contributed by atoms with Gasteiger partial charge in [0.05, 0.1) is 6.54 Å². The maximum absolute atomic E-state index is 12.2. The number of rotatable bonds is 7. The molecular weight excluding hydrogens is 312 g/mol. The quantitative estimate of drug-likeness (QED) is 0.455. The van der Waals surface area contributed by atoms with Crippen molar-refractivity contribution in [3.8, 4) is 0 Å². The van der Waals surface area contributed by atoms with Gasteiger partial charge in [0, 0.05) is 19.2 Å². The first-order valence-electron chi connectivity index (χ1n) is 7.70. The highest BCUT2D eigenvalue weighted by Gasteiger charge is 2.52. The summed E-state index contributed by atoms with van der Waals surface area (Å²) in [5, 5.41) is 2.92. The van der Waals surface area contributed by atoms with Crippen molar-refractivity contribution in [2.24, 2.45) is 0 Å². The number of ketones is 1. The lowest BCUT2D eigenvalue weighted by Crippen LogP contribution is -2.32. The third-order valence-corrected chi connectivity index (χ3v) is 3.92. The molecule has 0 saturated carbocycles. The van der Waals surface area contributed by atoms with E-state index >= 15 is 0 Å². The van der Waals surface area contributed by atoms with E-state index in [9.17, 15) is 14.4 Å². The fraction of sp³-hybridized carbons (Fsp3) is 0.353. The summed E-state index contributed by atoms with van der Waals surface area (Å²) in [4.78, 5) is 36.8. The van der Waals surface area contributed by atoms with E-state index in [0.717, 1.165) is 5.56 Å². The first-order chi connectivity index (χ1) is 11.6. The van der Waals surface area contributed by atoms with Crippen LogP contribution in [-0.4, -0.2) is 48.0 Å². The Labute approximate surface area is 139 Å². The van der Waals surface area contributed by atoms with Gasteiger partial charge in [-0.25, -0.2) is 9.59 Å². The zero-order valence-corrected chi connectivity index (χ0v) is 13.1. The molecule has 24 heavy (non-hydrogen) atoms. The summed E-state index contributed by atoms with van der Waals surface area (Å²) < 4.78 is 10.1. The van der Waals surface area contributed by atoms with Crippen LogP contribution in [0.1, 0.15) is 12.0 Å². The minimum absolute atomic E-state index is 0.0000106. The molecule has 0 bridgehead atoms. The number of cyclic esters (lactones) is 1. The molecule has 1 atom stereocenters. The van der Waals surface area contributed by atoms with Gasteiger partial charge in [0.15, 0.2) is 5.78 Å². The van der Waals surface area contributed by atoms with Gasteiger partial charge in [0.25, 0.3) is 0 Å². The second-order valence-corrected chi connectivity index (χ2v) is 5.76. The highest BCUT2D eigenvalue weighted by Crippen LogP contribution is 2.25. The summed E-state index contributed by atoms with van der Waals surface area (Å²) in [7, 11) is 0. The topological polar surface area (TPSA) is 94.8 Å². The van der Waals surface area contributed by atoms with E-state index in [1.165, 1.54) is 17.2 Å². The van der Waals surface area contributed by atoms with Crippen LogP contribution < -0.4 is 5.32 Å². The molecule has 2 aliphatic heterocycles. The number of hydrogen-bond donors (Lipinski definition) is 1. The highest BCUT2D eigenvalue weighted by atomic mass is 16.6. The Morgan fingerprint density at radius 2 is 2.08 bits per heavy atom. The molecule has 1 aromatic rings. The Hall–Kier alpha value is -2.67. The number of hydrogen-bond acceptors (Lipinski definition) is 6. The molecule has 126 valence electrons. The van der Waals surface area contributed by atoms with Crippen LogP contribution >= 0.6 is 0 Å². The normalized spacial score (nSPS) is 22.5. The number of benzene rings is 1. The van der Waals surface area contributed by atoms with Crippen molar-refractivity contribution < 1.29 is 23.9 Å². The monoisotopic (exact) mass is 330 g/mol. The number of nitrogens with zero attached hydrogens (tertiary/aromatic N) is 1. The van der Waals surface area contributed by atoms with Crippen molar-refractivity contribution in [2.45, 2.75) is 18.6 Å². The number of allylic oxidation sites excluding steroid dienone is 1. The minimum atomic E-state index is -0.943. The van der Waals surface area contributed by atoms with E-state index < -0.39 is 17.6 Å². The molecule has 0 spiro atoms. The van der Waals surface area contributed by atoms with Crippen molar-refractivity contribution in [2.75, 3.05) is 19.7 Å². The van der Waals surface area contributed by atoms with Crippen LogP contribution in [0.5, 0.6) is 0 Å². The molecule has 1 N–H and O–H groups in total. The van der Waals surface area contributed by atoms with Gasteiger partial charge in [0.1, 0.15) is 18.8 Å². The summed E-state index contributed by atoms with van der Waals surface area (Å²) in [5.74, 6) is -0.690. The summed E-state index contributed by atoms with van der Waals surface area (Å²) in [6.07, 6.45) is 2.21. The number of carbonyl (C=O) groups is 3. The molecule has 2 aliphatic rings. The molecule has 2 heterocycles. The van der Waals surface area contributed by atoms with Crippen molar-refractivity contribution >= 4 is 17.8 Å². The van der Waals surface area contributed by atoms with Crippen LogP contribution in [0.25, 0.3) is 0 Å². The van der Waals surface area contributed by atoms with E-state index in [0.29, 0.717) is 19.7 Å². The first-order valence-corrected chi connectivity index (χ1v) is 7.70. The average molecular weight is 330 g/mol. The molecule has 2 fully saturated rings. The fourth-order valence-electron chi connectivity index (χ4n) is 2.38. The SMILES string of the molecule is O=C(/C=C/N1CCOC1=O)C[C@]1(C(=O)OCc2ccccc2)CN1. The second-order valence-electron chi connectivity index (χ2n) is 5.76. The highest BCUT2D eigenvalue weighted by molar-refractivity contribution is 5.97. The van der Waals surface area contributed by atoms with E-state index in [1.54, 1.807) is 0 Å². The van der Waals surface area contributed by atoms with E-state index in [4.69, 9.17) is 9.47 Å². The van der Waals surface area contributed by atoms with Crippen molar-refractivity contribution in [1.82, 2.24) is 10.2 Å². The fourth-order valence-corrected chi connectivity index (χ4v) is 2.38. The smallest absolute Gasteiger partial charge is 0.413 e.